The predicted octanol–water partition coefficient (Wildman–Crippen LogP) is 4.18. The summed E-state index contributed by atoms with van der Waals surface area (Å²) < 4.78 is 1.84. The van der Waals surface area contributed by atoms with E-state index in [1.165, 1.54) is 0 Å². The molecule has 0 spiro atoms. The average Bonchev–Trinajstić information content (AvgIpc) is 3.30. The Bertz CT molecular complexity index is 896. The minimum atomic E-state index is -0.357. The van der Waals surface area contributed by atoms with E-state index < -0.39 is 0 Å². The largest absolute Gasteiger partial charge is 0.291 e. The highest BCUT2D eigenvalue weighted by molar-refractivity contribution is 6.30. The standard InChI is InChI=1S/C21H21ClN4O/c1-25-21(14-26-16-23-15-24-26,18-8-10-19(22)11-9-18)13-20(27-25)12-7-17-5-3-2-4-6-17/h2-12,15-16,20H,13-14H2,1H3/b12-7+/t20-,21-/m1/s1. The van der Waals surface area contributed by atoms with E-state index >= 15 is 0 Å². The zero-order valence-corrected chi connectivity index (χ0v) is 15.8. The molecule has 1 aliphatic heterocycles. The Morgan fingerprint density at radius 1 is 1.19 bits per heavy atom. The van der Waals surface area contributed by atoms with Crippen LogP contribution in [0.15, 0.2) is 73.3 Å². The lowest BCUT2D eigenvalue weighted by atomic mass is 9.85. The van der Waals surface area contributed by atoms with Crippen LogP contribution in [0.5, 0.6) is 0 Å². The zero-order chi connectivity index (χ0) is 18.7. The molecule has 2 heterocycles. The van der Waals surface area contributed by atoms with Crippen LogP contribution in [0.4, 0.5) is 0 Å². The Balaban J connectivity index is 1.64. The van der Waals surface area contributed by atoms with E-state index in [0.717, 1.165) is 22.6 Å². The molecular weight excluding hydrogens is 360 g/mol. The first-order valence-electron chi connectivity index (χ1n) is 8.88. The second kappa shape index (κ2) is 7.64. The number of hydrogen-bond acceptors (Lipinski definition) is 4. The number of hydroxylamine groups is 2. The third kappa shape index (κ3) is 3.81. The first-order valence-corrected chi connectivity index (χ1v) is 9.26. The number of benzene rings is 2. The Morgan fingerprint density at radius 2 is 1.96 bits per heavy atom. The van der Waals surface area contributed by atoms with Crippen molar-refractivity contribution in [3.05, 3.63) is 89.5 Å². The summed E-state index contributed by atoms with van der Waals surface area (Å²) in [4.78, 5) is 10.3. The molecule has 1 saturated heterocycles. The molecule has 138 valence electrons. The van der Waals surface area contributed by atoms with Crippen LogP contribution in [-0.2, 0) is 16.9 Å². The van der Waals surface area contributed by atoms with E-state index in [0.29, 0.717) is 6.54 Å². The summed E-state index contributed by atoms with van der Waals surface area (Å²) in [6, 6.07) is 18.2. The van der Waals surface area contributed by atoms with E-state index in [-0.39, 0.29) is 11.6 Å². The first kappa shape index (κ1) is 17.9. The lowest BCUT2D eigenvalue weighted by molar-refractivity contribution is -0.165. The summed E-state index contributed by atoms with van der Waals surface area (Å²) >= 11 is 6.11. The van der Waals surface area contributed by atoms with Crippen LogP contribution in [-0.4, -0.2) is 33.0 Å². The molecule has 5 nitrogen and oxygen atoms in total. The van der Waals surface area contributed by atoms with Crippen molar-refractivity contribution in [2.45, 2.75) is 24.6 Å². The summed E-state index contributed by atoms with van der Waals surface area (Å²) in [5.74, 6) is 0. The molecule has 27 heavy (non-hydrogen) atoms. The number of aromatic nitrogens is 3. The fourth-order valence-electron chi connectivity index (χ4n) is 3.59. The fourth-order valence-corrected chi connectivity index (χ4v) is 3.71. The van der Waals surface area contributed by atoms with Crippen LogP contribution in [0.2, 0.25) is 5.02 Å². The van der Waals surface area contributed by atoms with Gasteiger partial charge in [-0.2, -0.15) is 10.2 Å². The monoisotopic (exact) mass is 380 g/mol. The molecule has 4 rings (SSSR count). The van der Waals surface area contributed by atoms with Crippen molar-refractivity contribution < 1.29 is 4.84 Å². The highest BCUT2D eigenvalue weighted by atomic mass is 35.5. The van der Waals surface area contributed by atoms with E-state index in [1.54, 1.807) is 12.7 Å². The van der Waals surface area contributed by atoms with Gasteiger partial charge in [-0.15, -0.1) is 0 Å². The Hall–Kier alpha value is -2.47. The summed E-state index contributed by atoms with van der Waals surface area (Å²) in [6.45, 7) is 0.640. The predicted molar refractivity (Wildman–Crippen MR) is 106 cm³/mol. The quantitative estimate of drug-likeness (QED) is 0.666. The lowest BCUT2D eigenvalue weighted by Crippen LogP contribution is -2.41. The fraction of sp³-hybridized carbons (Fsp3) is 0.238. The van der Waals surface area contributed by atoms with Crippen LogP contribution in [0.25, 0.3) is 6.08 Å². The molecule has 1 aliphatic rings. The molecule has 0 N–H and O–H groups in total. The first-order chi connectivity index (χ1) is 13.2. The average molecular weight is 381 g/mol. The van der Waals surface area contributed by atoms with E-state index in [4.69, 9.17) is 16.4 Å². The third-order valence-electron chi connectivity index (χ3n) is 5.01. The number of hydrogen-bond donors (Lipinski definition) is 0. The normalized spacial score (nSPS) is 23.3. The van der Waals surface area contributed by atoms with Crippen LogP contribution in [0.1, 0.15) is 17.5 Å². The van der Waals surface area contributed by atoms with E-state index in [9.17, 15) is 0 Å². The highest BCUT2D eigenvalue weighted by Crippen LogP contribution is 2.41. The maximum Gasteiger partial charge on any atom is 0.137 e. The smallest absolute Gasteiger partial charge is 0.137 e. The van der Waals surface area contributed by atoms with Crippen LogP contribution < -0.4 is 0 Å². The molecule has 1 aromatic heterocycles. The molecule has 0 saturated carbocycles. The van der Waals surface area contributed by atoms with Crippen molar-refractivity contribution >= 4 is 17.7 Å². The van der Waals surface area contributed by atoms with Crippen LogP contribution >= 0.6 is 11.6 Å². The molecule has 0 aliphatic carbocycles. The molecule has 6 heteroatoms. The van der Waals surface area contributed by atoms with E-state index in [2.05, 4.69) is 46.5 Å². The van der Waals surface area contributed by atoms with Gasteiger partial charge >= 0.3 is 0 Å². The molecule has 2 aromatic carbocycles. The molecule has 0 amide bonds. The molecule has 0 bridgehead atoms. The van der Waals surface area contributed by atoms with Gasteiger partial charge in [0, 0.05) is 18.5 Å². The van der Waals surface area contributed by atoms with Crippen LogP contribution in [0, 0.1) is 0 Å². The van der Waals surface area contributed by atoms with Gasteiger partial charge in [-0.1, -0.05) is 66.2 Å². The number of likely N-dealkylation sites (N-methyl/N-ethyl adjacent to an activating group) is 1. The van der Waals surface area contributed by atoms with Gasteiger partial charge in [-0.3, -0.25) is 9.52 Å². The van der Waals surface area contributed by atoms with Gasteiger partial charge in [0.05, 0.1) is 18.2 Å². The van der Waals surface area contributed by atoms with Gasteiger partial charge in [0.1, 0.15) is 12.7 Å². The summed E-state index contributed by atoms with van der Waals surface area (Å²) in [6.07, 6.45) is 8.27. The molecule has 0 unspecified atom stereocenters. The molecule has 2 atom stereocenters. The van der Waals surface area contributed by atoms with Crippen molar-refractivity contribution in [2.24, 2.45) is 0 Å². The highest BCUT2D eigenvalue weighted by Gasteiger charge is 2.46. The maximum atomic E-state index is 6.18. The second-order valence-corrected chi connectivity index (χ2v) is 7.18. The van der Waals surface area contributed by atoms with Crippen molar-refractivity contribution in [3.8, 4) is 0 Å². The zero-order valence-electron chi connectivity index (χ0n) is 15.1. The second-order valence-electron chi connectivity index (χ2n) is 6.75. The van der Waals surface area contributed by atoms with Crippen molar-refractivity contribution in [1.29, 1.82) is 0 Å². The number of nitrogens with zero attached hydrogens (tertiary/aromatic N) is 4. The van der Waals surface area contributed by atoms with Gasteiger partial charge in [-0.05, 0) is 23.3 Å². The van der Waals surface area contributed by atoms with Gasteiger partial charge < -0.3 is 0 Å². The van der Waals surface area contributed by atoms with Gasteiger partial charge in [0.2, 0.25) is 0 Å². The van der Waals surface area contributed by atoms with Crippen molar-refractivity contribution in [2.75, 3.05) is 7.05 Å². The lowest BCUT2D eigenvalue weighted by Gasteiger charge is -2.34. The van der Waals surface area contributed by atoms with Crippen molar-refractivity contribution in [1.82, 2.24) is 19.8 Å². The summed E-state index contributed by atoms with van der Waals surface area (Å²) in [7, 11) is 1.97. The van der Waals surface area contributed by atoms with Crippen molar-refractivity contribution in [3.63, 3.8) is 0 Å². The SMILES string of the molecule is CN1O[C@H](/C=C/c2ccccc2)C[C@@]1(Cn1cncn1)c1ccc(Cl)cc1. The Labute approximate surface area is 163 Å². The van der Waals surface area contributed by atoms with Gasteiger partial charge in [0.15, 0.2) is 0 Å². The van der Waals surface area contributed by atoms with E-state index in [1.807, 2.05) is 47.1 Å². The molecule has 0 radical (unpaired) electrons. The Morgan fingerprint density at radius 3 is 2.67 bits per heavy atom. The van der Waals surface area contributed by atoms with Gasteiger partial charge in [0.25, 0.3) is 0 Å². The number of rotatable bonds is 5. The summed E-state index contributed by atoms with van der Waals surface area (Å²) in [5.41, 5.74) is 1.94. The third-order valence-corrected chi connectivity index (χ3v) is 5.26. The summed E-state index contributed by atoms with van der Waals surface area (Å²) in [5, 5.41) is 6.96. The number of halogens is 1. The molecule has 3 aromatic rings. The maximum absolute atomic E-state index is 6.18. The van der Waals surface area contributed by atoms with Crippen LogP contribution in [0.3, 0.4) is 0 Å². The molecule has 1 fully saturated rings. The molecular formula is C21H21ClN4O. The minimum Gasteiger partial charge on any atom is -0.291 e. The Kier molecular flexibility index (Phi) is 5.07. The minimum absolute atomic E-state index is 0.0330. The topological polar surface area (TPSA) is 43.2 Å². The van der Waals surface area contributed by atoms with Gasteiger partial charge in [-0.25, -0.2) is 4.98 Å².